The van der Waals surface area contributed by atoms with Gasteiger partial charge in [-0.3, -0.25) is 9.69 Å². The predicted octanol–water partition coefficient (Wildman–Crippen LogP) is 5.55. The quantitative estimate of drug-likeness (QED) is 0.328. The summed E-state index contributed by atoms with van der Waals surface area (Å²) >= 11 is 6.56. The van der Waals surface area contributed by atoms with Gasteiger partial charge in [-0.25, -0.2) is 4.79 Å². The summed E-state index contributed by atoms with van der Waals surface area (Å²) in [6.45, 7) is 0. The molecule has 0 aliphatic carbocycles. The van der Waals surface area contributed by atoms with Gasteiger partial charge in [0, 0.05) is 11.4 Å². The molecule has 0 unspecified atom stereocenters. The number of carbonyl (C=O) groups excluding carboxylic acids is 1. The summed E-state index contributed by atoms with van der Waals surface area (Å²) in [6.07, 6.45) is 1.51. The highest BCUT2D eigenvalue weighted by atomic mass is 32.2. The first kappa shape index (κ1) is 23.3. The molecule has 34 heavy (non-hydrogen) atoms. The SMILES string of the molecule is COc1ccc(/C=C2\SC(=S)N(c3ccc(Nc4ccccc4)cc3)C2=O)c(C(=O)O)c1OC. The van der Waals surface area contributed by atoms with Crippen LogP contribution in [-0.2, 0) is 4.79 Å². The van der Waals surface area contributed by atoms with E-state index in [1.54, 1.807) is 24.3 Å². The van der Waals surface area contributed by atoms with E-state index in [1.165, 1.54) is 25.2 Å². The molecule has 4 rings (SSSR count). The van der Waals surface area contributed by atoms with Crippen molar-refractivity contribution in [1.82, 2.24) is 0 Å². The lowest BCUT2D eigenvalue weighted by molar-refractivity contribution is -0.113. The van der Waals surface area contributed by atoms with Crippen LogP contribution in [0.1, 0.15) is 15.9 Å². The van der Waals surface area contributed by atoms with Gasteiger partial charge in [0.1, 0.15) is 5.56 Å². The van der Waals surface area contributed by atoms with Gasteiger partial charge in [-0.15, -0.1) is 0 Å². The van der Waals surface area contributed by atoms with Crippen LogP contribution in [0.15, 0.2) is 71.6 Å². The first-order valence-electron chi connectivity index (χ1n) is 10.1. The summed E-state index contributed by atoms with van der Waals surface area (Å²) in [7, 11) is 2.79. The molecule has 0 atom stereocenters. The summed E-state index contributed by atoms with van der Waals surface area (Å²) in [6, 6.07) is 20.2. The van der Waals surface area contributed by atoms with E-state index in [-0.39, 0.29) is 23.0 Å². The Morgan fingerprint density at radius 3 is 2.29 bits per heavy atom. The standard InChI is InChI=1S/C25H20N2O5S2/c1-31-19-13-8-15(21(24(29)30)22(19)32-2)14-20-23(28)27(25(33)34-20)18-11-9-17(10-12-18)26-16-6-4-3-5-7-16/h3-14,26H,1-2H3,(H,29,30)/b20-14-. The molecular formula is C25H20N2O5S2. The molecule has 0 aromatic heterocycles. The Hall–Kier alpha value is -3.82. The number of carbonyl (C=O) groups is 2. The molecule has 7 nitrogen and oxygen atoms in total. The zero-order valence-corrected chi connectivity index (χ0v) is 19.9. The highest BCUT2D eigenvalue weighted by molar-refractivity contribution is 8.27. The Bertz CT molecular complexity index is 1290. The summed E-state index contributed by atoms with van der Waals surface area (Å²) in [5.41, 5.74) is 2.66. The van der Waals surface area contributed by atoms with Crippen molar-refractivity contribution < 1.29 is 24.2 Å². The van der Waals surface area contributed by atoms with Crippen molar-refractivity contribution >= 4 is 63.3 Å². The van der Waals surface area contributed by atoms with E-state index in [9.17, 15) is 14.7 Å². The van der Waals surface area contributed by atoms with Gasteiger partial charge >= 0.3 is 5.97 Å². The van der Waals surface area contributed by atoms with Crippen molar-refractivity contribution in [3.05, 3.63) is 82.8 Å². The number of nitrogens with zero attached hydrogens (tertiary/aromatic N) is 1. The van der Waals surface area contributed by atoms with Crippen molar-refractivity contribution in [2.24, 2.45) is 0 Å². The Kier molecular flexibility index (Phi) is 6.85. The van der Waals surface area contributed by atoms with Crippen molar-refractivity contribution in [3.8, 4) is 11.5 Å². The number of para-hydroxylation sites is 1. The van der Waals surface area contributed by atoms with Crippen molar-refractivity contribution in [2.45, 2.75) is 0 Å². The lowest BCUT2D eigenvalue weighted by Gasteiger charge is -2.15. The van der Waals surface area contributed by atoms with Gasteiger partial charge in [-0.2, -0.15) is 0 Å². The number of rotatable bonds is 7. The van der Waals surface area contributed by atoms with Gasteiger partial charge in [0.25, 0.3) is 5.91 Å². The van der Waals surface area contributed by atoms with Gasteiger partial charge < -0.3 is 19.9 Å². The Morgan fingerprint density at radius 1 is 1.00 bits per heavy atom. The van der Waals surface area contributed by atoms with Gasteiger partial charge in [0.2, 0.25) is 0 Å². The molecule has 0 bridgehead atoms. The van der Waals surface area contributed by atoms with Crippen LogP contribution in [0.5, 0.6) is 11.5 Å². The lowest BCUT2D eigenvalue weighted by Crippen LogP contribution is -2.27. The number of benzene rings is 3. The minimum atomic E-state index is -1.20. The normalized spacial score (nSPS) is 14.4. The fraction of sp³-hybridized carbons (Fsp3) is 0.0800. The molecule has 1 heterocycles. The number of hydrogen-bond donors (Lipinski definition) is 2. The molecule has 172 valence electrons. The molecule has 0 radical (unpaired) electrons. The third-order valence-corrected chi connectivity index (χ3v) is 6.36. The van der Waals surface area contributed by atoms with Gasteiger partial charge in [-0.1, -0.05) is 48.2 Å². The minimum Gasteiger partial charge on any atom is -0.493 e. The number of methoxy groups -OCH3 is 2. The molecule has 1 aliphatic rings. The van der Waals surface area contributed by atoms with E-state index < -0.39 is 5.97 Å². The zero-order chi connectivity index (χ0) is 24.2. The average molecular weight is 493 g/mol. The molecular weight excluding hydrogens is 472 g/mol. The molecule has 1 fully saturated rings. The summed E-state index contributed by atoms with van der Waals surface area (Å²) in [5.74, 6) is -1.15. The predicted molar refractivity (Wildman–Crippen MR) is 138 cm³/mol. The minimum absolute atomic E-state index is 0.0840. The zero-order valence-electron chi connectivity index (χ0n) is 18.3. The van der Waals surface area contributed by atoms with Crippen LogP contribution in [-0.4, -0.2) is 35.5 Å². The van der Waals surface area contributed by atoms with E-state index in [1.807, 2.05) is 42.5 Å². The molecule has 1 saturated heterocycles. The van der Waals surface area contributed by atoms with E-state index in [0.717, 1.165) is 23.1 Å². The molecule has 3 aromatic carbocycles. The van der Waals surface area contributed by atoms with Crippen LogP contribution in [0.25, 0.3) is 6.08 Å². The number of hydrogen-bond acceptors (Lipinski definition) is 7. The maximum atomic E-state index is 13.2. The number of thiocarbonyl (C=S) groups is 1. The Balaban J connectivity index is 1.62. The van der Waals surface area contributed by atoms with E-state index in [0.29, 0.717) is 20.5 Å². The largest absolute Gasteiger partial charge is 0.493 e. The number of thioether (sulfide) groups is 1. The average Bonchev–Trinajstić information content (AvgIpc) is 3.12. The van der Waals surface area contributed by atoms with E-state index >= 15 is 0 Å². The number of amides is 1. The van der Waals surface area contributed by atoms with Crippen molar-refractivity contribution in [3.63, 3.8) is 0 Å². The third kappa shape index (κ3) is 4.61. The fourth-order valence-corrected chi connectivity index (χ4v) is 4.79. The Labute approximate surface area is 206 Å². The number of anilines is 3. The molecule has 1 amide bonds. The van der Waals surface area contributed by atoms with Crippen LogP contribution in [0, 0.1) is 0 Å². The van der Waals surface area contributed by atoms with Crippen LogP contribution < -0.4 is 19.7 Å². The first-order valence-corrected chi connectivity index (χ1v) is 11.3. The first-order chi connectivity index (χ1) is 16.4. The number of aromatic carboxylic acids is 1. The number of nitrogens with one attached hydrogen (secondary N) is 1. The van der Waals surface area contributed by atoms with Gasteiger partial charge in [-0.05, 0) is 54.1 Å². The maximum Gasteiger partial charge on any atom is 0.340 e. The van der Waals surface area contributed by atoms with Crippen molar-refractivity contribution in [2.75, 3.05) is 24.4 Å². The molecule has 3 aromatic rings. The summed E-state index contributed by atoms with van der Waals surface area (Å²) in [4.78, 5) is 26.9. The monoisotopic (exact) mass is 492 g/mol. The molecule has 1 aliphatic heterocycles. The molecule has 9 heteroatoms. The second-order valence-corrected chi connectivity index (χ2v) is 8.80. The molecule has 0 spiro atoms. The smallest absolute Gasteiger partial charge is 0.340 e. The number of ether oxygens (including phenoxy) is 2. The Morgan fingerprint density at radius 2 is 1.68 bits per heavy atom. The maximum absolute atomic E-state index is 13.2. The van der Waals surface area contributed by atoms with Gasteiger partial charge in [0.05, 0.1) is 24.8 Å². The fourth-order valence-electron chi connectivity index (χ4n) is 3.50. The van der Waals surface area contributed by atoms with E-state index in [4.69, 9.17) is 21.7 Å². The van der Waals surface area contributed by atoms with Crippen LogP contribution in [0.4, 0.5) is 17.1 Å². The number of carboxylic acids is 1. The van der Waals surface area contributed by atoms with Crippen LogP contribution in [0.2, 0.25) is 0 Å². The molecule has 2 N–H and O–H groups in total. The van der Waals surface area contributed by atoms with Gasteiger partial charge in [0.15, 0.2) is 15.8 Å². The second-order valence-electron chi connectivity index (χ2n) is 7.13. The summed E-state index contributed by atoms with van der Waals surface area (Å²) in [5, 5.41) is 13.0. The number of carboxylic acid groups (broad SMARTS) is 1. The van der Waals surface area contributed by atoms with E-state index in [2.05, 4.69) is 5.32 Å². The summed E-state index contributed by atoms with van der Waals surface area (Å²) < 4.78 is 10.8. The topological polar surface area (TPSA) is 88.1 Å². The van der Waals surface area contributed by atoms with Crippen LogP contribution in [0.3, 0.4) is 0 Å². The highest BCUT2D eigenvalue weighted by Gasteiger charge is 2.34. The van der Waals surface area contributed by atoms with Crippen molar-refractivity contribution in [1.29, 1.82) is 0 Å². The lowest BCUT2D eigenvalue weighted by atomic mass is 10.0. The highest BCUT2D eigenvalue weighted by Crippen LogP contribution is 2.39. The van der Waals surface area contributed by atoms with Crippen LogP contribution >= 0.6 is 24.0 Å². The second kappa shape index (κ2) is 9.98. The third-order valence-electron chi connectivity index (χ3n) is 5.06. The molecule has 0 saturated carbocycles.